The lowest BCUT2D eigenvalue weighted by atomic mass is 9.91. The van der Waals surface area contributed by atoms with Crippen LogP contribution in [0.3, 0.4) is 0 Å². The van der Waals surface area contributed by atoms with E-state index in [1.54, 1.807) is 29.2 Å². The van der Waals surface area contributed by atoms with Gasteiger partial charge in [0, 0.05) is 16.5 Å². The minimum Gasteiger partial charge on any atom is -0.491 e. The molecule has 0 unspecified atom stereocenters. The Hall–Kier alpha value is -0.980. The fraction of sp³-hybridized carbons (Fsp3) is 0.412. The van der Waals surface area contributed by atoms with Crippen molar-refractivity contribution in [1.82, 2.24) is 4.90 Å². The predicted octanol–water partition coefficient (Wildman–Crippen LogP) is 4.51. The van der Waals surface area contributed by atoms with E-state index in [1.807, 2.05) is 20.8 Å². The molecule has 0 atom stereocenters. The summed E-state index contributed by atoms with van der Waals surface area (Å²) in [4.78, 5) is 25.8. The number of hydrogen-bond donors (Lipinski definition) is 0. The maximum absolute atomic E-state index is 12.2. The number of halogens is 2. The molecule has 1 aliphatic rings. The maximum Gasteiger partial charge on any atom is 0.237 e. The van der Waals surface area contributed by atoms with Crippen LogP contribution in [-0.4, -0.2) is 35.5 Å². The highest BCUT2D eigenvalue weighted by Crippen LogP contribution is 2.31. The van der Waals surface area contributed by atoms with Crippen LogP contribution in [0.5, 0.6) is 5.75 Å². The lowest BCUT2D eigenvalue weighted by Crippen LogP contribution is -2.30. The van der Waals surface area contributed by atoms with Gasteiger partial charge in [-0.15, -0.1) is 0 Å². The topological polar surface area (TPSA) is 46.6 Å². The van der Waals surface area contributed by atoms with E-state index < -0.39 is 5.41 Å². The van der Waals surface area contributed by atoms with Crippen molar-refractivity contribution in [3.8, 4) is 5.75 Å². The maximum atomic E-state index is 12.2. The molecular formula is C17H19BrClNO3S. The third kappa shape index (κ3) is 5.01. The van der Waals surface area contributed by atoms with Crippen molar-refractivity contribution in [2.75, 3.05) is 18.9 Å². The van der Waals surface area contributed by atoms with Gasteiger partial charge < -0.3 is 9.64 Å². The Morgan fingerprint density at radius 3 is 2.79 bits per heavy atom. The van der Waals surface area contributed by atoms with Crippen LogP contribution >= 0.6 is 39.3 Å². The molecule has 1 saturated heterocycles. The molecule has 2 rings (SSSR count). The number of ketones is 1. The van der Waals surface area contributed by atoms with E-state index in [9.17, 15) is 9.59 Å². The summed E-state index contributed by atoms with van der Waals surface area (Å²) in [5.74, 6) is 1.02. The Bertz CT molecular complexity index is 685. The fourth-order valence-electron chi connectivity index (χ4n) is 1.94. The zero-order valence-electron chi connectivity index (χ0n) is 13.8. The van der Waals surface area contributed by atoms with Gasteiger partial charge in [-0.25, -0.2) is 0 Å². The van der Waals surface area contributed by atoms with E-state index in [0.29, 0.717) is 34.7 Å². The summed E-state index contributed by atoms with van der Waals surface area (Å²) in [5.41, 5.74) is -0.463. The highest BCUT2D eigenvalue weighted by molar-refractivity contribution is 9.10. The van der Waals surface area contributed by atoms with Crippen molar-refractivity contribution < 1.29 is 14.3 Å². The first kappa shape index (κ1) is 19.3. The molecule has 1 aliphatic heterocycles. The van der Waals surface area contributed by atoms with Gasteiger partial charge in [0.25, 0.3) is 0 Å². The molecule has 0 bridgehead atoms. The van der Waals surface area contributed by atoms with Gasteiger partial charge in [0.15, 0.2) is 5.78 Å². The van der Waals surface area contributed by atoms with Crippen molar-refractivity contribution in [3.63, 3.8) is 0 Å². The first-order valence-corrected chi connectivity index (χ1v) is 9.61. The van der Waals surface area contributed by atoms with Gasteiger partial charge >= 0.3 is 0 Å². The molecule has 0 N–H and O–H groups in total. The van der Waals surface area contributed by atoms with Gasteiger partial charge in [-0.1, -0.05) is 44.1 Å². The van der Waals surface area contributed by atoms with Crippen LogP contribution in [0.15, 0.2) is 33.8 Å². The Morgan fingerprint density at radius 1 is 1.46 bits per heavy atom. The summed E-state index contributed by atoms with van der Waals surface area (Å²) >= 11 is 10.7. The van der Waals surface area contributed by atoms with E-state index in [4.69, 9.17) is 16.3 Å². The average molecular weight is 433 g/mol. The first-order valence-electron chi connectivity index (χ1n) is 7.45. The zero-order valence-corrected chi connectivity index (χ0v) is 16.9. The van der Waals surface area contributed by atoms with Crippen LogP contribution in [0.2, 0.25) is 5.02 Å². The second-order valence-electron chi connectivity index (χ2n) is 6.35. The lowest BCUT2D eigenvalue weighted by molar-refractivity contribution is -0.125. The predicted molar refractivity (Wildman–Crippen MR) is 101 cm³/mol. The van der Waals surface area contributed by atoms with Crippen LogP contribution in [0, 0.1) is 5.41 Å². The van der Waals surface area contributed by atoms with E-state index in [2.05, 4.69) is 15.9 Å². The van der Waals surface area contributed by atoms with Gasteiger partial charge in [-0.2, -0.15) is 0 Å². The van der Waals surface area contributed by atoms with E-state index in [-0.39, 0.29) is 11.7 Å². The Labute approximate surface area is 159 Å². The minimum absolute atomic E-state index is 0.00561. The summed E-state index contributed by atoms with van der Waals surface area (Å²) in [6, 6.07) is 5.26. The first-order chi connectivity index (χ1) is 11.2. The number of nitrogens with zero attached hydrogens (tertiary/aromatic N) is 1. The quantitative estimate of drug-likeness (QED) is 0.642. The van der Waals surface area contributed by atoms with Gasteiger partial charge in [-0.3, -0.25) is 9.59 Å². The molecule has 4 nitrogen and oxygen atoms in total. The number of carbonyl (C=O) groups is 2. The number of ether oxygens (including phenoxy) is 1. The van der Waals surface area contributed by atoms with Crippen LogP contribution in [0.1, 0.15) is 20.8 Å². The SMILES string of the molecule is CC(C)(C)C(=O)/C=C1\SCC(=O)N1CCOc1ccc(Cl)cc1Br. The molecule has 1 amide bonds. The number of hydrogen-bond acceptors (Lipinski definition) is 4. The molecule has 0 saturated carbocycles. The van der Waals surface area contributed by atoms with E-state index in [1.165, 1.54) is 11.8 Å². The molecule has 1 aromatic carbocycles. The Balaban J connectivity index is 2.00. The summed E-state index contributed by atoms with van der Waals surface area (Å²) in [5, 5.41) is 1.31. The van der Waals surface area contributed by atoms with Gasteiger partial charge in [0.1, 0.15) is 12.4 Å². The van der Waals surface area contributed by atoms with Crippen molar-refractivity contribution in [1.29, 1.82) is 0 Å². The molecule has 0 aromatic heterocycles. The van der Waals surface area contributed by atoms with E-state index >= 15 is 0 Å². The molecule has 1 heterocycles. The largest absolute Gasteiger partial charge is 0.491 e. The second kappa shape index (κ2) is 7.93. The highest BCUT2D eigenvalue weighted by Gasteiger charge is 2.29. The number of benzene rings is 1. The molecular weight excluding hydrogens is 414 g/mol. The number of rotatable bonds is 5. The smallest absolute Gasteiger partial charge is 0.237 e. The van der Waals surface area contributed by atoms with Crippen molar-refractivity contribution in [2.45, 2.75) is 20.8 Å². The normalized spacial score (nSPS) is 16.8. The number of carbonyl (C=O) groups excluding carboxylic acids is 2. The summed E-state index contributed by atoms with van der Waals surface area (Å²) in [6.45, 7) is 6.30. The summed E-state index contributed by atoms with van der Waals surface area (Å²) in [7, 11) is 0. The Morgan fingerprint density at radius 2 is 2.17 bits per heavy atom. The summed E-state index contributed by atoms with van der Waals surface area (Å²) in [6.07, 6.45) is 1.56. The van der Waals surface area contributed by atoms with E-state index in [0.717, 1.165) is 4.47 Å². The molecule has 130 valence electrons. The standard InChI is InChI=1S/C17H19BrClNO3S/c1-17(2,3)14(21)9-16-20(15(22)10-24-16)6-7-23-13-5-4-11(19)8-12(13)18/h4-5,8-9H,6-7,10H2,1-3H3/b16-9-. The molecule has 24 heavy (non-hydrogen) atoms. The molecule has 0 spiro atoms. The highest BCUT2D eigenvalue weighted by atomic mass is 79.9. The van der Waals surface area contributed by atoms with Gasteiger partial charge in [-0.05, 0) is 34.1 Å². The zero-order chi connectivity index (χ0) is 17.9. The molecule has 1 fully saturated rings. The Kier molecular flexibility index (Phi) is 6.39. The number of allylic oxidation sites excluding steroid dienone is 1. The third-order valence-corrected chi connectivity index (χ3v) is 5.25. The third-order valence-electron chi connectivity index (χ3n) is 3.37. The van der Waals surface area contributed by atoms with Crippen molar-refractivity contribution >= 4 is 51.0 Å². The summed E-state index contributed by atoms with van der Waals surface area (Å²) < 4.78 is 6.46. The van der Waals surface area contributed by atoms with Crippen LogP contribution in [0.4, 0.5) is 0 Å². The van der Waals surface area contributed by atoms with Crippen molar-refractivity contribution in [2.24, 2.45) is 5.41 Å². The molecule has 0 radical (unpaired) electrons. The minimum atomic E-state index is -0.463. The fourth-order valence-corrected chi connectivity index (χ4v) is 3.70. The average Bonchev–Trinajstić information content (AvgIpc) is 2.81. The van der Waals surface area contributed by atoms with Crippen LogP contribution in [0.25, 0.3) is 0 Å². The molecule has 0 aliphatic carbocycles. The number of thioether (sulfide) groups is 1. The van der Waals surface area contributed by atoms with Gasteiger partial charge in [0.05, 0.1) is 21.8 Å². The van der Waals surface area contributed by atoms with Crippen LogP contribution in [-0.2, 0) is 9.59 Å². The van der Waals surface area contributed by atoms with Crippen molar-refractivity contribution in [3.05, 3.63) is 38.8 Å². The lowest BCUT2D eigenvalue weighted by Gasteiger charge is -2.19. The molecule has 7 heteroatoms. The van der Waals surface area contributed by atoms with Crippen LogP contribution < -0.4 is 4.74 Å². The second-order valence-corrected chi connectivity index (χ2v) is 8.64. The number of amides is 1. The molecule has 1 aromatic rings. The monoisotopic (exact) mass is 431 g/mol. The van der Waals surface area contributed by atoms with Gasteiger partial charge in [0.2, 0.25) is 5.91 Å².